The van der Waals surface area contributed by atoms with E-state index in [0.717, 1.165) is 34.6 Å². The molecule has 0 N–H and O–H groups in total. The van der Waals surface area contributed by atoms with Gasteiger partial charge in [-0.3, -0.25) is 0 Å². The van der Waals surface area contributed by atoms with Crippen molar-refractivity contribution in [2.45, 2.75) is 51.0 Å². The van der Waals surface area contributed by atoms with Crippen molar-refractivity contribution in [3.63, 3.8) is 0 Å². The Kier molecular flexibility index (Phi) is 4.31. The van der Waals surface area contributed by atoms with E-state index in [1.54, 1.807) is 0 Å². The van der Waals surface area contributed by atoms with Gasteiger partial charge in [-0.1, -0.05) is 66.1 Å². The molecule has 3 unspecified atom stereocenters. The summed E-state index contributed by atoms with van der Waals surface area (Å²) in [5.74, 6) is 8.60. The summed E-state index contributed by atoms with van der Waals surface area (Å²) in [7, 11) is 0. The number of ether oxygens (including phenoxy) is 1. The zero-order chi connectivity index (χ0) is 24.7. The molecule has 0 fully saturated rings. The molecule has 36 heavy (non-hydrogen) atoms. The minimum atomic E-state index is -0.516. The molecular formula is C34H28O2. The van der Waals surface area contributed by atoms with Crippen LogP contribution in [0.1, 0.15) is 61.1 Å². The molecule has 2 nitrogen and oxygen atoms in total. The minimum absolute atomic E-state index is 0.150. The van der Waals surface area contributed by atoms with E-state index in [4.69, 9.17) is 9.15 Å². The van der Waals surface area contributed by atoms with E-state index < -0.39 is 5.60 Å². The van der Waals surface area contributed by atoms with Crippen LogP contribution in [0.2, 0.25) is 0 Å². The van der Waals surface area contributed by atoms with Crippen LogP contribution < -0.4 is 4.74 Å². The molecule has 1 aliphatic heterocycles. The second kappa shape index (κ2) is 7.28. The molecule has 0 radical (unpaired) electrons. The van der Waals surface area contributed by atoms with Crippen molar-refractivity contribution in [2.75, 3.05) is 0 Å². The molecular weight excluding hydrogens is 440 g/mol. The maximum Gasteiger partial charge on any atom is 0.177 e. The SMILES string of the molecule is CC1=Cc2c(oc3ccccc23)C(C)(c2cccc(-c3cc(C)cc4c3OC3(C)C#CC=CC43)c2)C1. The van der Waals surface area contributed by atoms with Crippen LogP contribution in [0.4, 0.5) is 0 Å². The number of allylic oxidation sites excluding steroid dienone is 2. The molecule has 176 valence electrons. The highest BCUT2D eigenvalue weighted by Crippen LogP contribution is 2.52. The quantitative estimate of drug-likeness (QED) is 0.276. The van der Waals surface area contributed by atoms with Crippen LogP contribution in [-0.2, 0) is 5.41 Å². The van der Waals surface area contributed by atoms with Crippen LogP contribution in [-0.4, -0.2) is 5.60 Å². The van der Waals surface area contributed by atoms with Crippen LogP contribution in [0.5, 0.6) is 5.75 Å². The van der Waals surface area contributed by atoms with Gasteiger partial charge in [0.15, 0.2) is 5.60 Å². The molecule has 2 heteroatoms. The van der Waals surface area contributed by atoms with E-state index in [0.29, 0.717) is 0 Å². The lowest BCUT2D eigenvalue weighted by Crippen LogP contribution is -2.32. The highest BCUT2D eigenvalue weighted by atomic mass is 16.5. The number of furan rings is 1. The summed E-state index contributed by atoms with van der Waals surface area (Å²) in [6.07, 6.45) is 7.36. The Morgan fingerprint density at radius 3 is 2.72 bits per heavy atom. The summed E-state index contributed by atoms with van der Waals surface area (Å²) in [5.41, 5.74) is 8.76. The Morgan fingerprint density at radius 1 is 0.972 bits per heavy atom. The van der Waals surface area contributed by atoms with Gasteiger partial charge >= 0.3 is 0 Å². The molecule has 0 bridgehead atoms. The van der Waals surface area contributed by atoms with Crippen LogP contribution >= 0.6 is 0 Å². The summed E-state index contributed by atoms with van der Waals surface area (Å²) < 4.78 is 13.1. The first-order chi connectivity index (χ1) is 17.4. The van der Waals surface area contributed by atoms with Gasteiger partial charge in [0.05, 0.1) is 11.3 Å². The van der Waals surface area contributed by atoms with Crippen molar-refractivity contribution in [2.24, 2.45) is 0 Å². The number of rotatable bonds is 2. The topological polar surface area (TPSA) is 22.4 Å². The number of fused-ring (bicyclic) bond motifs is 6. The maximum absolute atomic E-state index is 6.61. The van der Waals surface area contributed by atoms with Gasteiger partial charge in [0.2, 0.25) is 0 Å². The van der Waals surface area contributed by atoms with Crippen LogP contribution in [0.15, 0.2) is 82.8 Å². The molecule has 2 heterocycles. The Labute approximate surface area is 212 Å². The van der Waals surface area contributed by atoms with E-state index in [9.17, 15) is 0 Å². The summed E-state index contributed by atoms with van der Waals surface area (Å²) in [4.78, 5) is 0. The Morgan fingerprint density at radius 2 is 1.83 bits per heavy atom. The zero-order valence-corrected chi connectivity index (χ0v) is 21.1. The molecule has 0 amide bonds. The lowest BCUT2D eigenvalue weighted by molar-refractivity contribution is 0.167. The largest absolute Gasteiger partial charge is 0.473 e. The third-order valence-electron chi connectivity index (χ3n) is 8.17. The fraction of sp³-hybridized carbons (Fsp3) is 0.235. The molecule has 0 saturated carbocycles. The summed E-state index contributed by atoms with van der Waals surface area (Å²) >= 11 is 0. The first-order valence-electron chi connectivity index (χ1n) is 12.7. The second-order valence-corrected chi connectivity index (χ2v) is 11.0. The predicted octanol–water partition coefficient (Wildman–Crippen LogP) is 8.33. The highest BCUT2D eigenvalue weighted by Gasteiger charge is 2.45. The molecule has 3 atom stereocenters. The van der Waals surface area contributed by atoms with E-state index in [2.05, 4.69) is 106 Å². The maximum atomic E-state index is 6.61. The van der Waals surface area contributed by atoms with Gasteiger partial charge in [0.25, 0.3) is 0 Å². The molecule has 0 spiro atoms. The van der Waals surface area contributed by atoms with E-state index in [1.165, 1.54) is 33.2 Å². The number of para-hydroxylation sites is 1. The third-order valence-corrected chi connectivity index (χ3v) is 8.17. The predicted molar refractivity (Wildman–Crippen MR) is 146 cm³/mol. The molecule has 7 rings (SSSR count). The van der Waals surface area contributed by atoms with E-state index in [1.807, 2.05) is 12.1 Å². The zero-order valence-electron chi connectivity index (χ0n) is 21.1. The van der Waals surface area contributed by atoms with Crippen LogP contribution in [0, 0.1) is 18.8 Å². The monoisotopic (exact) mass is 468 g/mol. The van der Waals surface area contributed by atoms with Gasteiger partial charge in [-0.05, 0) is 81.0 Å². The average molecular weight is 469 g/mol. The van der Waals surface area contributed by atoms with Gasteiger partial charge in [0.1, 0.15) is 17.1 Å². The fourth-order valence-electron chi connectivity index (χ4n) is 6.47. The van der Waals surface area contributed by atoms with Crippen LogP contribution in [0.3, 0.4) is 0 Å². The normalized spacial score (nSPS) is 25.3. The lowest BCUT2D eigenvalue weighted by Gasteiger charge is -2.33. The van der Waals surface area contributed by atoms with E-state index in [-0.39, 0.29) is 11.3 Å². The molecule has 1 aromatic heterocycles. The van der Waals surface area contributed by atoms with Crippen LogP contribution in [0.25, 0.3) is 28.2 Å². The van der Waals surface area contributed by atoms with Crippen molar-refractivity contribution in [1.29, 1.82) is 0 Å². The molecule has 0 saturated heterocycles. The minimum Gasteiger partial charge on any atom is -0.473 e. The summed E-state index contributed by atoms with van der Waals surface area (Å²) in [5, 5.41) is 1.18. The molecule has 2 aliphatic carbocycles. The smallest absolute Gasteiger partial charge is 0.177 e. The second-order valence-electron chi connectivity index (χ2n) is 11.0. The Bertz CT molecular complexity index is 1700. The van der Waals surface area contributed by atoms with Crippen molar-refractivity contribution < 1.29 is 9.15 Å². The average Bonchev–Trinajstić information content (AvgIpc) is 3.39. The molecule has 4 aromatic rings. The van der Waals surface area contributed by atoms with Crippen molar-refractivity contribution in [1.82, 2.24) is 0 Å². The Hall–Kier alpha value is -3.96. The first-order valence-corrected chi connectivity index (χ1v) is 12.7. The Balaban J connectivity index is 1.39. The molecule has 3 aliphatic rings. The summed E-state index contributed by atoms with van der Waals surface area (Å²) in [6, 6.07) is 21.8. The first kappa shape index (κ1) is 21.3. The van der Waals surface area contributed by atoms with Gasteiger partial charge in [-0.15, -0.1) is 0 Å². The fourth-order valence-corrected chi connectivity index (χ4v) is 6.47. The highest BCUT2D eigenvalue weighted by molar-refractivity contribution is 5.90. The number of aryl methyl sites for hydroxylation is 1. The third kappa shape index (κ3) is 2.93. The van der Waals surface area contributed by atoms with Gasteiger partial charge < -0.3 is 9.15 Å². The van der Waals surface area contributed by atoms with Gasteiger partial charge in [-0.25, -0.2) is 0 Å². The summed E-state index contributed by atoms with van der Waals surface area (Å²) in [6.45, 7) is 8.81. The number of hydrogen-bond acceptors (Lipinski definition) is 2. The van der Waals surface area contributed by atoms with Crippen molar-refractivity contribution >= 4 is 17.0 Å². The van der Waals surface area contributed by atoms with Crippen molar-refractivity contribution in [3.05, 3.63) is 106 Å². The lowest BCUT2D eigenvalue weighted by atomic mass is 9.70. The standard InChI is InChI=1S/C34H28O2/c1-21-16-26(31-28(17-21)29-13-7-8-15-34(29,4)36-31)23-10-9-11-24(19-23)33(3)20-22(2)18-27-25-12-5-6-14-30(25)35-32(27)33/h5-7,9-14,16-19,29H,20H2,1-4H3. The van der Waals surface area contributed by atoms with E-state index >= 15 is 0 Å². The number of hydrogen-bond donors (Lipinski definition) is 0. The van der Waals surface area contributed by atoms with Gasteiger partial charge in [0, 0.05) is 22.1 Å². The molecule has 3 aromatic carbocycles. The van der Waals surface area contributed by atoms with Crippen molar-refractivity contribution in [3.8, 4) is 28.7 Å². The van der Waals surface area contributed by atoms with Gasteiger partial charge in [-0.2, -0.15) is 0 Å². The number of benzene rings is 3.